The molecule has 0 atom stereocenters. The molecule has 0 aliphatic rings. The minimum atomic E-state index is 0.290. The zero-order chi connectivity index (χ0) is 17.2. The SMILES string of the molecule is Nc1ncnc2c1c(Oc1cc#cc(Cl)c1)nn2Cc1ccncc1. The minimum Gasteiger partial charge on any atom is -0.436 e. The summed E-state index contributed by atoms with van der Waals surface area (Å²) in [5, 5.41) is 5.43. The first-order valence-electron chi connectivity index (χ1n) is 7.33. The second-order valence-corrected chi connectivity index (χ2v) is 5.59. The Kier molecular flexibility index (Phi) is 3.80. The van der Waals surface area contributed by atoms with Crippen molar-refractivity contribution in [2.75, 3.05) is 5.73 Å². The molecule has 0 aliphatic carbocycles. The van der Waals surface area contributed by atoms with Crippen molar-refractivity contribution in [3.63, 3.8) is 0 Å². The summed E-state index contributed by atoms with van der Waals surface area (Å²) in [5.74, 6) is 1.07. The van der Waals surface area contributed by atoms with Gasteiger partial charge in [0.15, 0.2) is 5.65 Å². The molecule has 0 spiro atoms. The van der Waals surface area contributed by atoms with Gasteiger partial charge in [-0.15, -0.1) is 5.10 Å². The summed E-state index contributed by atoms with van der Waals surface area (Å²) >= 11 is 5.93. The number of nitrogens with two attached hydrogens (primary N) is 1. The highest BCUT2D eigenvalue weighted by Gasteiger charge is 2.17. The minimum absolute atomic E-state index is 0.290. The van der Waals surface area contributed by atoms with Gasteiger partial charge in [-0.1, -0.05) is 17.7 Å². The fourth-order valence-electron chi connectivity index (χ4n) is 2.39. The molecule has 4 rings (SSSR count). The normalized spacial score (nSPS) is 10.6. The number of halogens is 1. The van der Waals surface area contributed by atoms with E-state index in [4.69, 9.17) is 22.1 Å². The van der Waals surface area contributed by atoms with Gasteiger partial charge in [0.25, 0.3) is 5.88 Å². The Bertz CT molecular complexity index is 1030. The monoisotopic (exact) mass is 350 g/mol. The van der Waals surface area contributed by atoms with E-state index in [0.717, 1.165) is 5.56 Å². The van der Waals surface area contributed by atoms with Crippen LogP contribution in [0.1, 0.15) is 5.56 Å². The number of ether oxygens (including phenoxy) is 1. The third kappa shape index (κ3) is 3.03. The average molecular weight is 351 g/mol. The number of fused-ring (bicyclic) bond motifs is 1. The van der Waals surface area contributed by atoms with Gasteiger partial charge < -0.3 is 10.5 Å². The second-order valence-electron chi connectivity index (χ2n) is 5.19. The Morgan fingerprint density at radius 3 is 2.88 bits per heavy atom. The molecule has 0 saturated heterocycles. The lowest BCUT2D eigenvalue weighted by Crippen LogP contribution is -2.03. The molecule has 0 bridgehead atoms. The van der Waals surface area contributed by atoms with Crippen LogP contribution in [0, 0.1) is 12.1 Å². The van der Waals surface area contributed by atoms with Gasteiger partial charge in [-0.3, -0.25) is 4.98 Å². The molecule has 3 aromatic heterocycles. The number of pyridine rings is 1. The van der Waals surface area contributed by atoms with Crippen molar-refractivity contribution in [2.45, 2.75) is 6.54 Å². The molecule has 2 N–H and O–H groups in total. The van der Waals surface area contributed by atoms with Gasteiger partial charge in [0.05, 0.1) is 11.6 Å². The first kappa shape index (κ1) is 15.2. The van der Waals surface area contributed by atoms with E-state index in [1.54, 1.807) is 29.2 Å². The summed E-state index contributed by atoms with van der Waals surface area (Å²) in [5.41, 5.74) is 7.62. The van der Waals surface area contributed by atoms with Gasteiger partial charge in [0, 0.05) is 24.5 Å². The van der Waals surface area contributed by atoms with Gasteiger partial charge in [-0.25, -0.2) is 14.6 Å². The summed E-state index contributed by atoms with van der Waals surface area (Å²) in [6.45, 7) is 0.494. The van der Waals surface area contributed by atoms with Crippen molar-refractivity contribution in [1.82, 2.24) is 24.7 Å². The Labute approximate surface area is 148 Å². The van der Waals surface area contributed by atoms with Crippen molar-refractivity contribution >= 4 is 28.5 Å². The predicted molar refractivity (Wildman–Crippen MR) is 92.3 cm³/mol. The van der Waals surface area contributed by atoms with Gasteiger partial charge in [-0.05, 0) is 23.8 Å². The molecule has 4 aromatic rings. The highest BCUT2D eigenvalue weighted by Crippen LogP contribution is 2.31. The summed E-state index contributed by atoms with van der Waals surface area (Å²) in [4.78, 5) is 12.3. The summed E-state index contributed by atoms with van der Waals surface area (Å²) in [7, 11) is 0. The van der Waals surface area contributed by atoms with E-state index in [1.807, 2.05) is 12.1 Å². The van der Waals surface area contributed by atoms with E-state index in [2.05, 4.69) is 32.2 Å². The second kappa shape index (κ2) is 6.26. The lowest BCUT2D eigenvalue weighted by molar-refractivity contribution is 0.455. The van der Waals surface area contributed by atoms with E-state index in [1.165, 1.54) is 6.33 Å². The standard InChI is InChI=1S/C17H11ClN6O/c18-12-2-1-3-13(8-12)25-17-14-15(19)21-10-22-16(14)24(23-17)9-11-4-6-20-7-5-11/h3-8,10H,9H2,(H2,19,21,22). The third-order valence-corrected chi connectivity index (χ3v) is 3.70. The van der Waals surface area contributed by atoms with Crippen molar-refractivity contribution in [1.29, 1.82) is 0 Å². The molecule has 0 unspecified atom stereocenters. The van der Waals surface area contributed by atoms with E-state index in [-0.39, 0.29) is 0 Å². The first-order chi connectivity index (χ1) is 12.2. The molecule has 0 aliphatic heterocycles. The van der Waals surface area contributed by atoms with Crippen LogP contribution in [0.25, 0.3) is 11.0 Å². The van der Waals surface area contributed by atoms with E-state index in [9.17, 15) is 0 Å². The van der Waals surface area contributed by atoms with Gasteiger partial charge in [0.1, 0.15) is 23.3 Å². The topological polar surface area (TPSA) is 91.7 Å². The van der Waals surface area contributed by atoms with Gasteiger partial charge in [-0.2, -0.15) is 0 Å². The molecule has 3 heterocycles. The maximum atomic E-state index is 6.01. The van der Waals surface area contributed by atoms with Crippen LogP contribution < -0.4 is 10.5 Å². The zero-order valence-electron chi connectivity index (χ0n) is 12.8. The molecule has 1 aromatic carbocycles. The number of anilines is 1. The Morgan fingerprint density at radius 2 is 2.08 bits per heavy atom. The van der Waals surface area contributed by atoms with E-state index >= 15 is 0 Å². The number of nitrogens with zero attached hydrogens (tertiary/aromatic N) is 5. The van der Waals surface area contributed by atoms with Crippen LogP contribution in [-0.4, -0.2) is 24.7 Å². The van der Waals surface area contributed by atoms with Crippen LogP contribution in [0.2, 0.25) is 5.02 Å². The highest BCUT2D eigenvalue weighted by molar-refractivity contribution is 6.30. The molecule has 8 heteroatoms. The molecule has 0 amide bonds. The number of hydrogen-bond donors (Lipinski definition) is 1. The third-order valence-electron chi connectivity index (χ3n) is 3.50. The average Bonchev–Trinajstić information content (AvgIpc) is 2.95. The van der Waals surface area contributed by atoms with Crippen molar-refractivity contribution in [3.8, 4) is 11.6 Å². The van der Waals surface area contributed by atoms with Crippen molar-refractivity contribution in [3.05, 3.63) is 65.7 Å². The lowest BCUT2D eigenvalue weighted by atomic mass is 10.3. The largest absolute Gasteiger partial charge is 0.436 e. The van der Waals surface area contributed by atoms with Crippen LogP contribution in [-0.2, 0) is 6.54 Å². The fourth-order valence-corrected chi connectivity index (χ4v) is 2.55. The fraction of sp³-hybridized carbons (Fsp3) is 0.0588. The van der Waals surface area contributed by atoms with Crippen LogP contribution in [0.4, 0.5) is 5.82 Å². The summed E-state index contributed by atoms with van der Waals surface area (Å²) < 4.78 is 7.54. The molecule has 7 nitrogen and oxygen atoms in total. The number of hydrogen-bond acceptors (Lipinski definition) is 6. The zero-order valence-corrected chi connectivity index (χ0v) is 13.6. The van der Waals surface area contributed by atoms with Crippen molar-refractivity contribution in [2.24, 2.45) is 0 Å². The van der Waals surface area contributed by atoms with E-state index in [0.29, 0.717) is 40.0 Å². The quantitative estimate of drug-likeness (QED) is 0.608. The van der Waals surface area contributed by atoms with Crippen LogP contribution in [0.5, 0.6) is 11.6 Å². The summed E-state index contributed by atoms with van der Waals surface area (Å²) in [6.07, 6.45) is 4.84. The van der Waals surface area contributed by atoms with Crippen LogP contribution in [0.15, 0.2) is 43.0 Å². The Morgan fingerprint density at radius 1 is 1.24 bits per heavy atom. The van der Waals surface area contributed by atoms with Crippen LogP contribution >= 0.6 is 11.6 Å². The van der Waals surface area contributed by atoms with Gasteiger partial charge >= 0.3 is 0 Å². The molecule has 0 radical (unpaired) electrons. The smallest absolute Gasteiger partial charge is 0.251 e. The summed E-state index contributed by atoms with van der Waals surface area (Å²) in [6, 6.07) is 12.5. The molecular formula is C17H11ClN6O. The van der Waals surface area contributed by atoms with Crippen LogP contribution in [0.3, 0.4) is 0 Å². The predicted octanol–water partition coefficient (Wildman–Crippen LogP) is 2.90. The number of nitrogen functional groups attached to an aromatic ring is 1. The maximum absolute atomic E-state index is 6.01. The highest BCUT2D eigenvalue weighted by atomic mass is 35.5. The van der Waals surface area contributed by atoms with Gasteiger partial charge in [0.2, 0.25) is 0 Å². The Balaban J connectivity index is 1.79. The molecule has 25 heavy (non-hydrogen) atoms. The number of rotatable bonds is 4. The van der Waals surface area contributed by atoms with E-state index < -0.39 is 0 Å². The maximum Gasteiger partial charge on any atom is 0.251 e. The molecule has 0 fully saturated rings. The molecule has 122 valence electrons. The molecular weight excluding hydrogens is 340 g/mol. The lowest BCUT2D eigenvalue weighted by Gasteiger charge is -2.02. The first-order valence-corrected chi connectivity index (χ1v) is 7.71. The Hall–Kier alpha value is -3.37. The number of aromatic nitrogens is 5. The van der Waals surface area contributed by atoms with Crippen molar-refractivity contribution < 1.29 is 4.74 Å². The molecule has 0 saturated carbocycles.